The maximum Gasteiger partial charge on any atom is 0.306 e. The lowest BCUT2D eigenvalue weighted by Gasteiger charge is -2.06. The minimum atomic E-state index is -0.0579. The Morgan fingerprint density at radius 3 is 1.63 bits per heavy atom. The zero-order valence-corrected chi connectivity index (χ0v) is 20.1. The molecule has 1 rings (SSSR count). The normalized spacial score (nSPS) is 11.0. The van der Waals surface area contributed by atoms with Crippen LogP contribution in [0.4, 0.5) is 0 Å². The Labute approximate surface area is 187 Å². The molecule has 2 nitrogen and oxygen atoms in total. The summed E-state index contributed by atoms with van der Waals surface area (Å²) < 4.78 is 5.37. The molecule has 1 aromatic rings. The monoisotopic (exact) mass is 416 g/mol. The number of ether oxygens (including phenoxy) is 1. The highest BCUT2D eigenvalue weighted by molar-refractivity contribution is 5.69. The standard InChI is InChI=1S/C28H48O2/c1-3-4-5-6-7-8-9-10-11-12-13-14-15-16-17-18-19-23-28(29)30-25-27-22-20-21-26(2)24-27/h20-22,24H,3-19,23,25H2,1-2H3. The van der Waals surface area contributed by atoms with E-state index in [0.717, 1.165) is 18.4 Å². The smallest absolute Gasteiger partial charge is 0.306 e. The van der Waals surface area contributed by atoms with E-state index in [4.69, 9.17) is 4.74 Å². The number of esters is 1. The van der Waals surface area contributed by atoms with Gasteiger partial charge in [-0.05, 0) is 18.9 Å². The summed E-state index contributed by atoms with van der Waals surface area (Å²) in [5.74, 6) is -0.0579. The van der Waals surface area contributed by atoms with Gasteiger partial charge in [-0.3, -0.25) is 4.79 Å². The summed E-state index contributed by atoms with van der Waals surface area (Å²) in [6.07, 6.45) is 23.7. The van der Waals surface area contributed by atoms with Crippen LogP contribution in [0.2, 0.25) is 0 Å². The van der Waals surface area contributed by atoms with Crippen LogP contribution in [-0.2, 0) is 16.1 Å². The third-order valence-corrected chi connectivity index (χ3v) is 5.97. The fourth-order valence-corrected chi connectivity index (χ4v) is 4.03. The average Bonchev–Trinajstić information content (AvgIpc) is 2.74. The Morgan fingerprint density at radius 2 is 1.17 bits per heavy atom. The first kappa shape index (κ1) is 26.7. The van der Waals surface area contributed by atoms with E-state index in [1.165, 1.54) is 102 Å². The van der Waals surface area contributed by atoms with Crippen LogP contribution in [-0.4, -0.2) is 5.97 Å². The van der Waals surface area contributed by atoms with Crippen molar-refractivity contribution in [1.82, 2.24) is 0 Å². The molecule has 0 spiro atoms. The molecule has 172 valence electrons. The first-order chi connectivity index (χ1) is 14.7. The van der Waals surface area contributed by atoms with Gasteiger partial charge >= 0.3 is 5.97 Å². The number of hydrogen-bond acceptors (Lipinski definition) is 2. The fraction of sp³-hybridized carbons (Fsp3) is 0.750. The predicted molar refractivity (Wildman–Crippen MR) is 130 cm³/mol. The Balaban J connectivity index is 1.77. The van der Waals surface area contributed by atoms with Gasteiger partial charge in [0, 0.05) is 6.42 Å². The van der Waals surface area contributed by atoms with Gasteiger partial charge in [0.05, 0.1) is 0 Å². The van der Waals surface area contributed by atoms with E-state index in [2.05, 4.69) is 26.0 Å². The summed E-state index contributed by atoms with van der Waals surface area (Å²) >= 11 is 0. The molecular formula is C28H48O2. The molecule has 0 saturated carbocycles. The van der Waals surface area contributed by atoms with E-state index in [1.54, 1.807) is 0 Å². The molecule has 0 heterocycles. The number of hydrogen-bond donors (Lipinski definition) is 0. The lowest BCUT2D eigenvalue weighted by Crippen LogP contribution is -2.04. The summed E-state index contributed by atoms with van der Waals surface area (Å²) in [4.78, 5) is 11.8. The Hall–Kier alpha value is -1.31. The van der Waals surface area contributed by atoms with Gasteiger partial charge < -0.3 is 4.74 Å². The molecule has 0 saturated heterocycles. The predicted octanol–water partition coefficient (Wildman–Crippen LogP) is 9.08. The topological polar surface area (TPSA) is 26.3 Å². The first-order valence-corrected chi connectivity index (χ1v) is 12.9. The zero-order valence-electron chi connectivity index (χ0n) is 20.1. The molecule has 0 bridgehead atoms. The molecular weight excluding hydrogens is 368 g/mol. The van der Waals surface area contributed by atoms with Crippen LogP contribution in [0.15, 0.2) is 24.3 Å². The van der Waals surface area contributed by atoms with Gasteiger partial charge in [0.15, 0.2) is 0 Å². The molecule has 2 heteroatoms. The van der Waals surface area contributed by atoms with Gasteiger partial charge in [-0.25, -0.2) is 0 Å². The van der Waals surface area contributed by atoms with Crippen molar-refractivity contribution in [1.29, 1.82) is 0 Å². The molecule has 0 amide bonds. The first-order valence-electron chi connectivity index (χ1n) is 12.9. The summed E-state index contributed by atoms with van der Waals surface area (Å²) in [6.45, 7) is 4.75. The Morgan fingerprint density at radius 1 is 0.700 bits per heavy atom. The van der Waals surface area contributed by atoms with Crippen molar-refractivity contribution >= 4 is 5.97 Å². The number of carbonyl (C=O) groups excluding carboxylic acids is 1. The molecule has 0 aliphatic rings. The number of aryl methyl sites for hydroxylation is 1. The van der Waals surface area contributed by atoms with Gasteiger partial charge in [0.1, 0.15) is 6.61 Å². The quantitative estimate of drug-likeness (QED) is 0.156. The van der Waals surface area contributed by atoms with Crippen molar-refractivity contribution < 1.29 is 9.53 Å². The molecule has 0 aliphatic carbocycles. The van der Waals surface area contributed by atoms with Gasteiger partial charge in [-0.2, -0.15) is 0 Å². The minimum Gasteiger partial charge on any atom is -0.461 e. The number of benzene rings is 1. The molecule has 1 aromatic carbocycles. The lowest BCUT2D eigenvalue weighted by molar-refractivity contribution is -0.145. The van der Waals surface area contributed by atoms with Crippen molar-refractivity contribution in [2.75, 3.05) is 0 Å². The number of rotatable bonds is 20. The molecule has 0 unspecified atom stereocenters. The van der Waals surface area contributed by atoms with Gasteiger partial charge in [0.2, 0.25) is 0 Å². The third kappa shape index (κ3) is 16.5. The van der Waals surface area contributed by atoms with Gasteiger partial charge in [-0.15, -0.1) is 0 Å². The van der Waals surface area contributed by atoms with E-state index in [-0.39, 0.29) is 5.97 Å². The van der Waals surface area contributed by atoms with Crippen LogP contribution in [0.1, 0.15) is 134 Å². The van der Waals surface area contributed by atoms with E-state index < -0.39 is 0 Å². The molecule has 0 N–H and O–H groups in total. The molecule has 0 aromatic heterocycles. The molecule has 0 radical (unpaired) electrons. The van der Waals surface area contributed by atoms with Crippen molar-refractivity contribution in [3.05, 3.63) is 35.4 Å². The summed E-state index contributed by atoms with van der Waals surface area (Å²) in [7, 11) is 0. The third-order valence-electron chi connectivity index (χ3n) is 5.97. The van der Waals surface area contributed by atoms with E-state index >= 15 is 0 Å². The summed E-state index contributed by atoms with van der Waals surface area (Å²) in [6, 6.07) is 8.15. The SMILES string of the molecule is CCCCCCCCCCCCCCCCCCCC(=O)OCc1cccc(C)c1. The summed E-state index contributed by atoms with van der Waals surface area (Å²) in [5.41, 5.74) is 2.28. The highest BCUT2D eigenvalue weighted by Gasteiger charge is 2.03. The maximum atomic E-state index is 11.8. The number of unbranched alkanes of at least 4 members (excludes halogenated alkanes) is 16. The van der Waals surface area contributed by atoms with Crippen molar-refractivity contribution in [3.8, 4) is 0 Å². The molecule has 0 aliphatic heterocycles. The maximum absolute atomic E-state index is 11.8. The fourth-order valence-electron chi connectivity index (χ4n) is 4.03. The van der Waals surface area contributed by atoms with E-state index in [1.807, 2.05) is 12.1 Å². The second-order valence-electron chi connectivity index (χ2n) is 9.06. The Kier molecular flexibility index (Phi) is 17.5. The van der Waals surface area contributed by atoms with Crippen LogP contribution in [0.3, 0.4) is 0 Å². The van der Waals surface area contributed by atoms with Gasteiger partial charge in [-0.1, -0.05) is 139 Å². The molecule has 0 fully saturated rings. The van der Waals surface area contributed by atoms with Crippen LogP contribution < -0.4 is 0 Å². The van der Waals surface area contributed by atoms with Gasteiger partial charge in [0.25, 0.3) is 0 Å². The van der Waals surface area contributed by atoms with Crippen LogP contribution in [0.5, 0.6) is 0 Å². The van der Waals surface area contributed by atoms with E-state index in [0.29, 0.717) is 13.0 Å². The molecule has 30 heavy (non-hydrogen) atoms. The van der Waals surface area contributed by atoms with Crippen molar-refractivity contribution in [2.45, 2.75) is 136 Å². The average molecular weight is 417 g/mol. The highest BCUT2D eigenvalue weighted by atomic mass is 16.5. The molecule has 0 atom stereocenters. The minimum absolute atomic E-state index is 0.0579. The zero-order chi connectivity index (χ0) is 21.7. The van der Waals surface area contributed by atoms with Crippen LogP contribution >= 0.6 is 0 Å². The van der Waals surface area contributed by atoms with Crippen molar-refractivity contribution in [2.24, 2.45) is 0 Å². The van der Waals surface area contributed by atoms with Crippen molar-refractivity contribution in [3.63, 3.8) is 0 Å². The lowest BCUT2D eigenvalue weighted by atomic mass is 10.0. The number of carbonyl (C=O) groups is 1. The second-order valence-corrected chi connectivity index (χ2v) is 9.06. The summed E-state index contributed by atoms with van der Waals surface area (Å²) in [5, 5.41) is 0. The largest absolute Gasteiger partial charge is 0.461 e. The van der Waals surface area contributed by atoms with Crippen LogP contribution in [0.25, 0.3) is 0 Å². The van der Waals surface area contributed by atoms with E-state index in [9.17, 15) is 4.79 Å². The highest BCUT2D eigenvalue weighted by Crippen LogP contribution is 2.14. The van der Waals surface area contributed by atoms with Crippen LogP contribution in [0, 0.1) is 6.92 Å². The Bertz CT molecular complexity index is 523. The second kappa shape index (κ2) is 19.6.